The molecule has 0 aliphatic heterocycles. The van der Waals surface area contributed by atoms with Crippen LogP contribution >= 0.6 is 0 Å². The van der Waals surface area contributed by atoms with Crippen LogP contribution in [0.1, 0.15) is 18.4 Å². The molecule has 5 nitrogen and oxygen atoms in total. The molecule has 0 radical (unpaired) electrons. The third kappa shape index (κ3) is 5.12. The Hall–Kier alpha value is -2.82. The van der Waals surface area contributed by atoms with Gasteiger partial charge in [0.2, 0.25) is 0 Å². The van der Waals surface area contributed by atoms with E-state index < -0.39 is 5.97 Å². The van der Waals surface area contributed by atoms with E-state index >= 15 is 0 Å². The van der Waals surface area contributed by atoms with E-state index in [2.05, 4.69) is 5.32 Å². The Bertz CT molecular complexity index is 686. The van der Waals surface area contributed by atoms with Gasteiger partial charge in [-0.2, -0.15) is 0 Å². The summed E-state index contributed by atoms with van der Waals surface area (Å²) in [5.41, 5.74) is 3.28. The molecule has 0 bridgehead atoms. The molecule has 0 aliphatic rings. The van der Waals surface area contributed by atoms with E-state index in [0.29, 0.717) is 19.5 Å². The molecular weight excluding hydrogens is 304 g/mol. The van der Waals surface area contributed by atoms with E-state index in [1.807, 2.05) is 54.6 Å². The molecule has 0 spiro atoms. The summed E-state index contributed by atoms with van der Waals surface area (Å²) in [6.07, 6.45) is 0.482. The van der Waals surface area contributed by atoms with Crippen LogP contribution in [0.2, 0.25) is 0 Å². The first-order valence-corrected chi connectivity index (χ1v) is 7.92. The minimum Gasteiger partial charge on any atom is -0.481 e. The van der Waals surface area contributed by atoms with Crippen LogP contribution in [0.5, 0.6) is 0 Å². The number of aliphatic carboxylic acids is 1. The van der Waals surface area contributed by atoms with Gasteiger partial charge >= 0.3 is 12.0 Å². The van der Waals surface area contributed by atoms with Crippen LogP contribution in [0, 0.1) is 0 Å². The molecule has 2 rings (SSSR count). The SMILES string of the molecule is CN(Cc1ccccc1-c1ccccc1)C(=O)NCCCC(=O)O. The minimum absolute atomic E-state index is 0.0564. The number of nitrogens with zero attached hydrogens (tertiary/aromatic N) is 1. The number of carbonyl (C=O) groups is 2. The van der Waals surface area contributed by atoms with Crippen LogP contribution in [-0.4, -0.2) is 35.6 Å². The lowest BCUT2D eigenvalue weighted by atomic mass is 9.99. The summed E-state index contributed by atoms with van der Waals surface area (Å²) in [6.45, 7) is 0.839. The van der Waals surface area contributed by atoms with Gasteiger partial charge in [-0.25, -0.2) is 4.79 Å². The Morgan fingerprint density at radius 3 is 2.42 bits per heavy atom. The number of carboxylic acids is 1. The van der Waals surface area contributed by atoms with E-state index in [-0.39, 0.29) is 12.5 Å². The van der Waals surface area contributed by atoms with Gasteiger partial charge in [-0.1, -0.05) is 54.6 Å². The maximum absolute atomic E-state index is 12.1. The number of rotatable bonds is 7. The van der Waals surface area contributed by atoms with Crippen LogP contribution in [0.25, 0.3) is 11.1 Å². The third-order valence-electron chi connectivity index (χ3n) is 3.70. The summed E-state index contributed by atoms with van der Waals surface area (Å²) in [6, 6.07) is 17.8. The zero-order chi connectivity index (χ0) is 17.4. The highest BCUT2D eigenvalue weighted by atomic mass is 16.4. The zero-order valence-electron chi connectivity index (χ0n) is 13.7. The summed E-state index contributed by atoms with van der Waals surface area (Å²) in [5.74, 6) is -0.852. The number of hydrogen-bond acceptors (Lipinski definition) is 2. The molecule has 2 aromatic carbocycles. The molecular formula is C19H22N2O3. The molecule has 5 heteroatoms. The topological polar surface area (TPSA) is 69.6 Å². The highest BCUT2D eigenvalue weighted by Gasteiger charge is 2.11. The number of hydrogen-bond donors (Lipinski definition) is 2. The Labute approximate surface area is 141 Å². The summed E-state index contributed by atoms with van der Waals surface area (Å²) in [5, 5.41) is 11.3. The first-order chi connectivity index (χ1) is 11.6. The van der Waals surface area contributed by atoms with Gasteiger partial charge in [0.15, 0.2) is 0 Å². The van der Waals surface area contributed by atoms with Crippen molar-refractivity contribution >= 4 is 12.0 Å². The van der Waals surface area contributed by atoms with Crippen molar-refractivity contribution in [2.75, 3.05) is 13.6 Å². The predicted octanol–water partition coefficient (Wildman–Crippen LogP) is 3.36. The summed E-state index contributed by atoms with van der Waals surface area (Å²) >= 11 is 0. The fraction of sp³-hybridized carbons (Fsp3) is 0.263. The van der Waals surface area contributed by atoms with Crippen LogP contribution in [0.4, 0.5) is 4.79 Å². The van der Waals surface area contributed by atoms with Gasteiger partial charge in [0, 0.05) is 26.6 Å². The molecule has 2 aromatic rings. The largest absolute Gasteiger partial charge is 0.481 e. The van der Waals surface area contributed by atoms with Crippen molar-refractivity contribution in [1.29, 1.82) is 0 Å². The molecule has 0 saturated heterocycles. The van der Waals surface area contributed by atoms with E-state index in [1.165, 1.54) is 0 Å². The van der Waals surface area contributed by atoms with E-state index in [9.17, 15) is 9.59 Å². The Kier molecular flexibility index (Phi) is 6.37. The normalized spacial score (nSPS) is 10.2. The van der Waals surface area contributed by atoms with Crippen LogP contribution in [0.3, 0.4) is 0 Å². The summed E-state index contributed by atoms with van der Waals surface area (Å²) < 4.78 is 0. The number of carbonyl (C=O) groups excluding carboxylic acids is 1. The zero-order valence-corrected chi connectivity index (χ0v) is 13.7. The number of urea groups is 1. The Morgan fingerprint density at radius 1 is 1.04 bits per heavy atom. The predicted molar refractivity (Wildman–Crippen MR) is 93.6 cm³/mol. The lowest BCUT2D eigenvalue weighted by molar-refractivity contribution is -0.137. The van der Waals surface area contributed by atoms with Crippen molar-refractivity contribution in [1.82, 2.24) is 10.2 Å². The molecule has 0 saturated carbocycles. The van der Waals surface area contributed by atoms with E-state index in [4.69, 9.17) is 5.11 Å². The lowest BCUT2D eigenvalue weighted by Gasteiger charge is -2.20. The number of nitrogens with one attached hydrogen (secondary N) is 1. The van der Waals surface area contributed by atoms with Gasteiger partial charge in [-0.15, -0.1) is 0 Å². The van der Waals surface area contributed by atoms with Gasteiger partial charge < -0.3 is 15.3 Å². The lowest BCUT2D eigenvalue weighted by Crippen LogP contribution is -2.37. The molecule has 0 unspecified atom stereocenters. The highest BCUT2D eigenvalue weighted by molar-refractivity contribution is 5.75. The van der Waals surface area contributed by atoms with Crippen molar-refractivity contribution in [2.24, 2.45) is 0 Å². The highest BCUT2D eigenvalue weighted by Crippen LogP contribution is 2.24. The summed E-state index contributed by atoms with van der Waals surface area (Å²) in [7, 11) is 1.73. The number of benzene rings is 2. The van der Waals surface area contributed by atoms with Gasteiger partial charge in [-0.3, -0.25) is 4.79 Å². The fourth-order valence-electron chi connectivity index (χ4n) is 2.45. The summed E-state index contributed by atoms with van der Waals surface area (Å²) in [4.78, 5) is 24.2. The van der Waals surface area contributed by atoms with Crippen molar-refractivity contribution in [3.8, 4) is 11.1 Å². The van der Waals surface area contributed by atoms with Gasteiger partial charge in [0.1, 0.15) is 0 Å². The number of carboxylic acid groups (broad SMARTS) is 1. The van der Waals surface area contributed by atoms with Crippen LogP contribution in [0.15, 0.2) is 54.6 Å². The first kappa shape index (κ1) is 17.5. The molecule has 0 aliphatic carbocycles. The fourth-order valence-corrected chi connectivity index (χ4v) is 2.45. The van der Waals surface area contributed by atoms with Crippen molar-refractivity contribution in [3.63, 3.8) is 0 Å². The average Bonchev–Trinajstić information content (AvgIpc) is 2.59. The van der Waals surface area contributed by atoms with Crippen molar-refractivity contribution in [2.45, 2.75) is 19.4 Å². The first-order valence-electron chi connectivity index (χ1n) is 7.92. The molecule has 126 valence electrons. The molecule has 24 heavy (non-hydrogen) atoms. The molecule has 0 heterocycles. The number of amides is 2. The van der Waals surface area contributed by atoms with Crippen LogP contribution in [-0.2, 0) is 11.3 Å². The van der Waals surface area contributed by atoms with Gasteiger partial charge in [0.05, 0.1) is 0 Å². The average molecular weight is 326 g/mol. The van der Waals surface area contributed by atoms with E-state index in [1.54, 1.807) is 11.9 Å². The third-order valence-corrected chi connectivity index (χ3v) is 3.70. The molecule has 0 atom stereocenters. The van der Waals surface area contributed by atoms with Crippen LogP contribution < -0.4 is 5.32 Å². The maximum Gasteiger partial charge on any atom is 0.317 e. The molecule has 2 amide bonds. The molecule has 2 N–H and O–H groups in total. The van der Waals surface area contributed by atoms with Crippen molar-refractivity contribution < 1.29 is 14.7 Å². The Morgan fingerprint density at radius 2 is 1.71 bits per heavy atom. The standard InChI is InChI=1S/C19H22N2O3/c1-21(19(24)20-13-7-12-18(22)23)14-16-10-5-6-11-17(16)15-8-3-2-4-9-15/h2-6,8-11H,7,12-14H2,1H3,(H,20,24)(H,22,23). The quantitative estimate of drug-likeness (QED) is 0.767. The second-order valence-electron chi connectivity index (χ2n) is 5.61. The Balaban J connectivity index is 1.98. The second kappa shape index (κ2) is 8.72. The van der Waals surface area contributed by atoms with Gasteiger partial charge in [-0.05, 0) is 23.1 Å². The minimum atomic E-state index is -0.852. The van der Waals surface area contributed by atoms with Gasteiger partial charge in [0.25, 0.3) is 0 Å². The monoisotopic (exact) mass is 326 g/mol. The molecule has 0 fully saturated rings. The smallest absolute Gasteiger partial charge is 0.317 e. The maximum atomic E-state index is 12.1. The van der Waals surface area contributed by atoms with Crippen molar-refractivity contribution in [3.05, 3.63) is 60.2 Å². The second-order valence-corrected chi connectivity index (χ2v) is 5.61. The van der Waals surface area contributed by atoms with E-state index in [0.717, 1.165) is 16.7 Å². The molecule has 0 aromatic heterocycles.